The van der Waals surface area contributed by atoms with Crippen molar-refractivity contribution in [1.82, 2.24) is 0 Å². The average Bonchev–Trinajstić information content (AvgIpc) is 2.75. The molecule has 1 aliphatic rings. The van der Waals surface area contributed by atoms with Crippen LogP contribution in [0.5, 0.6) is 0 Å². The maximum Gasteiger partial charge on any atom is 0.348 e. The van der Waals surface area contributed by atoms with Gasteiger partial charge in [-0.15, -0.1) is 11.3 Å². The molecule has 98 valence electrons. The predicted octanol–water partition coefficient (Wildman–Crippen LogP) is 3.31. The van der Waals surface area contributed by atoms with Crippen LogP contribution < -0.4 is 5.32 Å². The first-order chi connectivity index (χ1) is 9.19. The minimum atomic E-state index is -0.324. The number of carbonyl (C=O) groups is 1. The largest absolute Gasteiger partial charge is 0.465 e. The van der Waals surface area contributed by atoms with E-state index in [0.29, 0.717) is 4.88 Å². The Hall–Kier alpha value is -1.88. The number of fused-ring (bicyclic) bond motifs is 3. The molecule has 0 saturated heterocycles. The molecule has 3 nitrogen and oxygen atoms in total. The molecule has 19 heavy (non-hydrogen) atoms. The molecule has 5 heteroatoms. The molecule has 1 aliphatic heterocycles. The number of hydrogen-bond donors (Lipinski definition) is 1. The number of rotatable bonds is 1. The number of carbonyl (C=O) groups excluding carboxylic acids is 1. The number of halogens is 1. The molecule has 2 heterocycles. The first-order valence-corrected chi connectivity index (χ1v) is 6.75. The van der Waals surface area contributed by atoms with Crippen molar-refractivity contribution in [3.05, 3.63) is 40.5 Å². The second kappa shape index (κ2) is 4.66. The van der Waals surface area contributed by atoms with Gasteiger partial charge < -0.3 is 10.1 Å². The van der Waals surface area contributed by atoms with E-state index >= 15 is 0 Å². The SMILES string of the molecule is COC(=O)c1cc2c(s1)-c1ccc(F)cc1NCC2. The first-order valence-electron chi connectivity index (χ1n) is 5.94. The number of ether oxygens (including phenoxy) is 1. The minimum absolute atomic E-state index is 0.264. The summed E-state index contributed by atoms with van der Waals surface area (Å²) in [6.45, 7) is 0.723. The van der Waals surface area contributed by atoms with Crippen LogP contribution in [0, 0.1) is 5.82 Å². The number of hydrogen-bond acceptors (Lipinski definition) is 4. The van der Waals surface area contributed by atoms with Gasteiger partial charge in [-0.1, -0.05) is 0 Å². The van der Waals surface area contributed by atoms with Crippen LogP contribution in [0.1, 0.15) is 15.2 Å². The molecule has 0 fully saturated rings. The van der Waals surface area contributed by atoms with E-state index in [-0.39, 0.29) is 11.8 Å². The fourth-order valence-electron chi connectivity index (χ4n) is 2.24. The van der Waals surface area contributed by atoms with Crippen LogP contribution in [-0.4, -0.2) is 19.6 Å². The monoisotopic (exact) mass is 277 g/mol. The highest BCUT2D eigenvalue weighted by Crippen LogP contribution is 2.39. The second-order valence-corrected chi connectivity index (χ2v) is 5.38. The van der Waals surface area contributed by atoms with Crippen molar-refractivity contribution in [2.75, 3.05) is 19.0 Å². The zero-order chi connectivity index (χ0) is 13.4. The van der Waals surface area contributed by atoms with Gasteiger partial charge in [-0.2, -0.15) is 0 Å². The summed E-state index contributed by atoms with van der Waals surface area (Å²) >= 11 is 1.39. The summed E-state index contributed by atoms with van der Waals surface area (Å²) in [4.78, 5) is 13.2. The lowest BCUT2D eigenvalue weighted by Crippen LogP contribution is -2.03. The first kappa shape index (κ1) is 12.2. The van der Waals surface area contributed by atoms with Gasteiger partial charge in [-0.3, -0.25) is 0 Å². The summed E-state index contributed by atoms with van der Waals surface area (Å²) in [6, 6.07) is 6.54. The second-order valence-electron chi connectivity index (χ2n) is 4.32. The fourth-order valence-corrected chi connectivity index (χ4v) is 3.40. The van der Waals surface area contributed by atoms with Crippen molar-refractivity contribution < 1.29 is 13.9 Å². The molecular formula is C14H12FNO2S. The topological polar surface area (TPSA) is 38.3 Å². The Balaban J connectivity index is 2.14. The quantitative estimate of drug-likeness (QED) is 0.813. The van der Waals surface area contributed by atoms with Crippen molar-refractivity contribution in [2.45, 2.75) is 6.42 Å². The Labute approximate surface area is 114 Å². The summed E-state index contributed by atoms with van der Waals surface area (Å²) in [5, 5.41) is 3.21. The number of benzene rings is 1. The normalized spacial score (nSPS) is 12.9. The predicted molar refractivity (Wildman–Crippen MR) is 73.2 cm³/mol. The lowest BCUT2D eigenvalue weighted by atomic mass is 10.1. The number of methoxy groups -OCH3 is 1. The van der Waals surface area contributed by atoms with Crippen LogP contribution in [0.25, 0.3) is 10.4 Å². The Morgan fingerprint density at radius 1 is 1.42 bits per heavy atom. The van der Waals surface area contributed by atoms with Crippen molar-refractivity contribution >= 4 is 23.0 Å². The van der Waals surface area contributed by atoms with E-state index in [1.54, 1.807) is 6.07 Å². The number of nitrogens with one attached hydrogen (secondary N) is 1. The van der Waals surface area contributed by atoms with Gasteiger partial charge in [-0.25, -0.2) is 9.18 Å². The average molecular weight is 277 g/mol. The van der Waals surface area contributed by atoms with Crippen LogP contribution in [-0.2, 0) is 11.2 Å². The molecule has 2 aromatic rings. The maximum atomic E-state index is 13.3. The highest BCUT2D eigenvalue weighted by molar-refractivity contribution is 7.17. The van der Waals surface area contributed by atoms with Gasteiger partial charge in [-0.05, 0) is 36.2 Å². The van der Waals surface area contributed by atoms with E-state index in [1.807, 2.05) is 6.07 Å². The van der Waals surface area contributed by atoms with Gasteiger partial charge in [0.25, 0.3) is 0 Å². The van der Waals surface area contributed by atoms with Gasteiger partial charge in [0.1, 0.15) is 10.7 Å². The van der Waals surface area contributed by atoms with Gasteiger partial charge in [0.15, 0.2) is 0 Å². The molecule has 0 atom stereocenters. The molecule has 0 radical (unpaired) electrons. The van der Waals surface area contributed by atoms with Crippen molar-refractivity contribution in [1.29, 1.82) is 0 Å². The summed E-state index contributed by atoms with van der Waals surface area (Å²) in [7, 11) is 1.37. The van der Waals surface area contributed by atoms with Crippen LogP contribution >= 0.6 is 11.3 Å². The minimum Gasteiger partial charge on any atom is -0.465 e. The zero-order valence-corrected chi connectivity index (χ0v) is 11.1. The molecule has 0 spiro atoms. The Bertz CT molecular complexity index is 651. The molecule has 0 unspecified atom stereocenters. The summed E-state index contributed by atoms with van der Waals surface area (Å²) < 4.78 is 18.0. The number of anilines is 1. The molecule has 1 aromatic heterocycles. The van der Waals surface area contributed by atoms with E-state index in [1.165, 1.54) is 30.6 Å². The molecule has 0 saturated carbocycles. The Morgan fingerprint density at radius 2 is 2.26 bits per heavy atom. The van der Waals surface area contributed by atoms with Crippen LogP contribution in [0.4, 0.5) is 10.1 Å². The summed E-state index contributed by atoms with van der Waals surface area (Å²) in [5.41, 5.74) is 2.81. The molecule has 0 bridgehead atoms. The van der Waals surface area contributed by atoms with Crippen LogP contribution in [0.2, 0.25) is 0 Å². The third kappa shape index (κ3) is 2.10. The van der Waals surface area contributed by atoms with E-state index in [0.717, 1.165) is 34.7 Å². The smallest absolute Gasteiger partial charge is 0.348 e. The molecule has 1 aromatic carbocycles. The van der Waals surface area contributed by atoms with Crippen molar-refractivity contribution in [3.8, 4) is 10.4 Å². The molecular weight excluding hydrogens is 265 g/mol. The third-order valence-electron chi connectivity index (χ3n) is 3.13. The van der Waals surface area contributed by atoms with Crippen molar-refractivity contribution in [3.63, 3.8) is 0 Å². The number of thiophene rings is 1. The van der Waals surface area contributed by atoms with Crippen LogP contribution in [0.3, 0.4) is 0 Å². The highest BCUT2D eigenvalue weighted by atomic mass is 32.1. The van der Waals surface area contributed by atoms with Gasteiger partial charge in [0, 0.05) is 22.7 Å². The van der Waals surface area contributed by atoms with Gasteiger partial charge in [0.05, 0.1) is 7.11 Å². The fraction of sp³-hybridized carbons (Fsp3) is 0.214. The standard InChI is InChI=1S/C14H12FNO2S/c1-18-14(17)12-6-8-4-5-16-11-7-9(15)2-3-10(11)13(8)19-12/h2-3,6-7,16H,4-5H2,1H3. The molecule has 0 amide bonds. The lowest BCUT2D eigenvalue weighted by molar-refractivity contribution is 0.0606. The van der Waals surface area contributed by atoms with Gasteiger partial charge >= 0.3 is 5.97 Å². The summed E-state index contributed by atoms with van der Waals surface area (Å²) in [5.74, 6) is -0.589. The van der Waals surface area contributed by atoms with Gasteiger partial charge in [0.2, 0.25) is 0 Å². The van der Waals surface area contributed by atoms with Crippen molar-refractivity contribution in [2.24, 2.45) is 0 Å². The molecule has 1 N–H and O–H groups in total. The van der Waals surface area contributed by atoms with Crippen LogP contribution in [0.15, 0.2) is 24.3 Å². The van der Waals surface area contributed by atoms with E-state index < -0.39 is 0 Å². The number of esters is 1. The lowest BCUT2D eigenvalue weighted by Gasteiger charge is -2.07. The Morgan fingerprint density at radius 3 is 3.05 bits per heavy atom. The summed E-state index contributed by atoms with van der Waals surface area (Å²) in [6.07, 6.45) is 0.805. The van der Waals surface area contributed by atoms with E-state index in [9.17, 15) is 9.18 Å². The zero-order valence-electron chi connectivity index (χ0n) is 10.3. The third-order valence-corrected chi connectivity index (χ3v) is 4.32. The van der Waals surface area contributed by atoms with E-state index in [4.69, 9.17) is 4.74 Å². The Kier molecular flexibility index (Phi) is 2.98. The highest BCUT2D eigenvalue weighted by Gasteiger charge is 2.20. The maximum absolute atomic E-state index is 13.3. The molecule has 3 rings (SSSR count). The molecule has 0 aliphatic carbocycles. The van der Waals surface area contributed by atoms with E-state index in [2.05, 4.69) is 5.32 Å².